The van der Waals surface area contributed by atoms with Crippen LogP contribution in [-0.4, -0.2) is 18.8 Å². The van der Waals surface area contributed by atoms with Crippen molar-refractivity contribution in [2.45, 2.75) is 19.4 Å². The first-order chi connectivity index (χ1) is 7.00. The summed E-state index contributed by atoms with van der Waals surface area (Å²) >= 11 is 0. The second kappa shape index (κ2) is 4.73. The Kier molecular flexibility index (Phi) is 3.83. The van der Waals surface area contributed by atoms with E-state index in [0.717, 1.165) is 0 Å². The van der Waals surface area contributed by atoms with Gasteiger partial charge in [0.05, 0.1) is 6.61 Å². The van der Waals surface area contributed by atoms with Gasteiger partial charge in [-0.25, -0.2) is 4.39 Å². The molecule has 0 radical (unpaired) electrons. The summed E-state index contributed by atoms with van der Waals surface area (Å²) in [6, 6.07) is 6.01. The van der Waals surface area contributed by atoms with E-state index in [1.54, 1.807) is 12.1 Å². The minimum absolute atomic E-state index is 0.0424. The van der Waals surface area contributed by atoms with E-state index < -0.39 is 5.60 Å². The molecule has 0 saturated carbocycles. The fraction of sp³-hybridized carbons (Fsp3) is 0.500. The third-order valence-corrected chi connectivity index (χ3v) is 2.64. The van der Waals surface area contributed by atoms with Crippen LogP contribution in [0.25, 0.3) is 0 Å². The Morgan fingerprint density at radius 1 is 1.47 bits per heavy atom. The minimum Gasteiger partial charge on any atom is -0.382 e. The van der Waals surface area contributed by atoms with Gasteiger partial charge < -0.3 is 9.84 Å². The number of benzene rings is 1. The smallest absolute Gasteiger partial charge is 0.123 e. The maximum Gasteiger partial charge on any atom is 0.123 e. The van der Waals surface area contributed by atoms with Crippen molar-refractivity contribution in [2.75, 3.05) is 13.7 Å². The zero-order valence-electron chi connectivity index (χ0n) is 9.33. The van der Waals surface area contributed by atoms with Crippen molar-refractivity contribution in [1.82, 2.24) is 0 Å². The average molecular weight is 212 g/mol. The van der Waals surface area contributed by atoms with E-state index in [1.165, 1.54) is 19.2 Å². The molecular weight excluding hydrogens is 195 g/mol. The van der Waals surface area contributed by atoms with Crippen molar-refractivity contribution < 1.29 is 14.2 Å². The highest BCUT2D eigenvalue weighted by atomic mass is 19.1. The summed E-state index contributed by atoms with van der Waals surface area (Å²) < 4.78 is 18.0. The van der Waals surface area contributed by atoms with E-state index in [0.29, 0.717) is 5.56 Å². The number of hydrogen-bond acceptors (Lipinski definition) is 2. The van der Waals surface area contributed by atoms with Gasteiger partial charge in [-0.1, -0.05) is 26.0 Å². The first kappa shape index (κ1) is 12.1. The van der Waals surface area contributed by atoms with Crippen LogP contribution in [0.3, 0.4) is 0 Å². The molecule has 2 nitrogen and oxygen atoms in total. The second-order valence-electron chi connectivity index (χ2n) is 4.02. The third-order valence-electron chi connectivity index (χ3n) is 2.64. The van der Waals surface area contributed by atoms with Gasteiger partial charge >= 0.3 is 0 Å². The molecule has 0 fully saturated rings. The molecule has 0 aromatic heterocycles. The predicted octanol–water partition coefficient (Wildman–Crippen LogP) is 2.32. The van der Waals surface area contributed by atoms with Gasteiger partial charge in [0.2, 0.25) is 0 Å². The van der Waals surface area contributed by atoms with Crippen LogP contribution in [0.2, 0.25) is 0 Å². The molecule has 0 amide bonds. The van der Waals surface area contributed by atoms with Crippen LogP contribution < -0.4 is 0 Å². The molecule has 0 aliphatic rings. The Bertz CT molecular complexity index is 325. The fourth-order valence-electron chi connectivity index (χ4n) is 1.56. The predicted molar refractivity (Wildman–Crippen MR) is 57.0 cm³/mol. The quantitative estimate of drug-likeness (QED) is 0.830. The lowest BCUT2D eigenvalue weighted by atomic mass is 9.84. The molecule has 1 unspecified atom stereocenters. The second-order valence-corrected chi connectivity index (χ2v) is 4.02. The minimum atomic E-state index is -1.13. The largest absolute Gasteiger partial charge is 0.382 e. The Labute approximate surface area is 89.7 Å². The molecule has 0 aliphatic heterocycles. The number of aliphatic hydroxyl groups is 1. The molecule has 1 rings (SSSR count). The van der Waals surface area contributed by atoms with Crippen LogP contribution >= 0.6 is 0 Å². The third kappa shape index (κ3) is 2.55. The van der Waals surface area contributed by atoms with E-state index in [1.807, 2.05) is 13.8 Å². The standard InChI is InChI=1S/C12H17FO2/c1-9(2)12(14,8-15-3)10-5-4-6-11(13)7-10/h4-7,9,14H,8H2,1-3H3. The Hall–Kier alpha value is -0.930. The molecule has 0 heterocycles. The van der Waals surface area contributed by atoms with Gasteiger partial charge in [0.25, 0.3) is 0 Å². The maximum absolute atomic E-state index is 13.0. The molecule has 1 atom stereocenters. The zero-order chi connectivity index (χ0) is 11.5. The van der Waals surface area contributed by atoms with Gasteiger partial charge in [-0.15, -0.1) is 0 Å². The first-order valence-electron chi connectivity index (χ1n) is 4.98. The first-order valence-corrected chi connectivity index (χ1v) is 4.98. The molecule has 0 aliphatic carbocycles. The summed E-state index contributed by atoms with van der Waals surface area (Å²) in [5, 5.41) is 10.4. The molecule has 1 aromatic carbocycles. The Morgan fingerprint density at radius 2 is 2.13 bits per heavy atom. The fourth-order valence-corrected chi connectivity index (χ4v) is 1.56. The molecule has 3 heteroatoms. The van der Waals surface area contributed by atoms with Gasteiger partial charge in [0.1, 0.15) is 11.4 Å². The summed E-state index contributed by atoms with van der Waals surface area (Å²) in [5.41, 5.74) is -0.573. The van der Waals surface area contributed by atoms with Crippen LogP contribution in [0, 0.1) is 11.7 Å². The van der Waals surface area contributed by atoms with Crippen molar-refractivity contribution in [3.63, 3.8) is 0 Å². The maximum atomic E-state index is 13.0. The van der Waals surface area contributed by atoms with Gasteiger partial charge in [-0.2, -0.15) is 0 Å². The van der Waals surface area contributed by atoms with Crippen LogP contribution in [-0.2, 0) is 10.3 Å². The van der Waals surface area contributed by atoms with E-state index in [4.69, 9.17) is 4.74 Å². The van der Waals surface area contributed by atoms with Gasteiger partial charge in [0, 0.05) is 7.11 Å². The van der Waals surface area contributed by atoms with Gasteiger partial charge in [-0.05, 0) is 23.6 Å². The average Bonchev–Trinajstić information content (AvgIpc) is 2.17. The lowest BCUT2D eigenvalue weighted by Gasteiger charge is -2.32. The number of ether oxygens (including phenoxy) is 1. The molecule has 1 aromatic rings. The van der Waals surface area contributed by atoms with Crippen molar-refractivity contribution in [3.8, 4) is 0 Å². The Morgan fingerprint density at radius 3 is 2.60 bits per heavy atom. The van der Waals surface area contributed by atoms with Crippen LogP contribution in [0.15, 0.2) is 24.3 Å². The van der Waals surface area contributed by atoms with E-state index in [-0.39, 0.29) is 18.3 Å². The number of hydrogen-bond donors (Lipinski definition) is 1. The molecule has 0 saturated heterocycles. The summed E-state index contributed by atoms with van der Waals surface area (Å²) in [6.45, 7) is 3.92. The molecule has 1 N–H and O–H groups in total. The molecule has 15 heavy (non-hydrogen) atoms. The van der Waals surface area contributed by atoms with E-state index in [9.17, 15) is 9.50 Å². The van der Waals surface area contributed by atoms with Crippen molar-refractivity contribution in [2.24, 2.45) is 5.92 Å². The topological polar surface area (TPSA) is 29.5 Å². The summed E-state index contributed by atoms with van der Waals surface area (Å²) in [4.78, 5) is 0. The summed E-state index contributed by atoms with van der Waals surface area (Å²) in [5.74, 6) is -0.387. The van der Waals surface area contributed by atoms with Crippen molar-refractivity contribution in [1.29, 1.82) is 0 Å². The zero-order valence-corrected chi connectivity index (χ0v) is 9.33. The molecule has 0 bridgehead atoms. The highest BCUT2D eigenvalue weighted by molar-refractivity contribution is 5.24. The van der Waals surface area contributed by atoms with Crippen molar-refractivity contribution >= 4 is 0 Å². The van der Waals surface area contributed by atoms with Crippen LogP contribution in [0.5, 0.6) is 0 Å². The SMILES string of the molecule is COCC(O)(c1cccc(F)c1)C(C)C. The number of methoxy groups -OCH3 is 1. The van der Waals surface area contributed by atoms with Crippen molar-refractivity contribution in [3.05, 3.63) is 35.6 Å². The normalized spacial score (nSPS) is 15.3. The van der Waals surface area contributed by atoms with Gasteiger partial charge in [-0.3, -0.25) is 0 Å². The number of rotatable bonds is 4. The van der Waals surface area contributed by atoms with Crippen LogP contribution in [0.4, 0.5) is 4.39 Å². The molecule has 0 spiro atoms. The lowest BCUT2D eigenvalue weighted by Crippen LogP contribution is -2.36. The van der Waals surface area contributed by atoms with Gasteiger partial charge in [0.15, 0.2) is 0 Å². The highest BCUT2D eigenvalue weighted by Gasteiger charge is 2.33. The molecule has 84 valence electrons. The van der Waals surface area contributed by atoms with Crippen LogP contribution in [0.1, 0.15) is 19.4 Å². The van der Waals surface area contributed by atoms with E-state index in [2.05, 4.69) is 0 Å². The monoisotopic (exact) mass is 212 g/mol. The Balaban J connectivity index is 3.09. The summed E-state index contributed by atoms with van der Waals surface area (Å²) in [7, 11) is 1.52. The lowest BCUT2D eigenvalue weighted by molar-refractivity contribution is -0.0702. The number of halogens is 1. The van der Waals surface area contributed by atoms with E-state index >= 15 is 0 Å². The summed E-state index contributed by atoms with van der Waals surface area (Å²) in [6.07, 6.45) is 0. The molecular formula is C12H17FO2. The highest BCUT2D eigenvalue weighted by Crippen LogP contribution is 2.30.